The minimum absolute atomic E-state index is 0.301. The Morgan fingerprint density at radius 2 is 2.12 bits per heavy atom. The highest BCUT2D eigenvalue weighted by Gasteiger charge is 2.13. The molecule has 2 rings (SSSR count). The zero-order valence-corrected chi connectivity index (χ0v) is 10.1. The molecule has 1 aromatic rings. The van der Waals surface area contributed by atoms with Gasteiger partial charge in [-0.2, -0.15) is 11.8 Å². The number of anilines is 1. The smallest absolute Gasteiger partial charge is 0.165 e. The summed E-state index contributed by atoms with van der Waals surface area (Å²) in [7, 11) is 1.49. The maximum atomic E-state index is 13.2. The zero-order valence-electron chi connectivity index (χ0n) is 9.33. The number of nitrogens with one attached hydrogen (secondary N) is 1. The lowest BCUT2D eigenvalue weighted by Gasteiger charge is -2.23. The van der Waals surface area contributed by atoms with Crippen molar-refractivity contribution in [3.05, 3.63) is 24.0 Å². The van der Waals surface area contributed by atoms with Crippen LogP contribution in [0.15, 0.2) is 18.2 Å². The fourth-order valence-electron chi connectivity index (χ4n) is 1.83. The minimum atomic E-state index is -0.313. The maximum absolute atomic E-state index is 13.2. The maximum Gasteiger partial charge on any atom is 0.165 e. The van der Waals surface area contributed by atoms with Crippen LogP contribution in [0, 0.1) is 5.82 Å². The Balaban J connectivity index is 2.03. The van der Waals surface area contributed by atoms with E-state index in [2.05, 4.69) is 5.32 Å². The van der Waals surface area contributed by atoms with Gasteiger partial charge in [0.05, 0.1) is 7.11 Å². The van der Waals surface area contributed by atoms with Crippen molar-refractivity contribution < 1.29 is 9.13 Å². The molecule has 1 N–H and O–H groups in total. The molecule has 1 aliphatic rings. The average Bonchev–Trinajstić information content (AvgIpc) is 2.33. The fourth-order valence-corrected chi connectivity index (χ4v) is 2.93. The van der Waals surface area contributed by atoms with Crippen molar-refractivity contribution in [1.29, 1.82) is 0 Å². The molecule has 1 aromatic carbocycles. The predicted octanol–water partition coefficient (Wildman–Crippen LogP) is 3.14. The molecular formula is C12H16FNOS. The molecule has 0 amide bonds. The fraction of sp³-hybridized carbons (Fsp3) is 0.500. The molecule has 88 valence electrons. The third kappa shape index (κ3) is 2.82. The van der Waals surface area contributed by atoms with Gasteiger partial charge in [-0.15, -0.1) is 0 Å². The van der Waals surface area contributed by atoms with Gasteiger partial charge in [0.15, 0.2) is 11.6 Å². The minimum Gasteiger partial charge on any atom is -0.494 e. The molecule has 0 spiro atoms. The number of hydrogen-bond acceptors (Lipinski definition) is 3. The van der Waals surface area contributed by atoms with E-state index in [0.29, 0.717) is 11.8 Å². The Kier molecular flexibility index (Phi) is 3.93. The average molecular weight is 241 g/mol. The van der Waals surface area contributed by atoms with Crippen LogP contribution in [0.1, 0.15) is 12.8 Å². The van der Waals surface area contributed by atoms with Gasteiger partial charge in [-0.1, -0.05) is 0 Å². The molecule has 1 aliphatic heterocycles. The van der Waals surface area contributed by atoms with Crippen LogP contribution >= 0.6 is 11.8 Å². The molecule has 0 aromatic heterocycles. The highest BCUT2D eigenvalue weighted by atomic mass is 32.2. The lowest BCUT2D eigenvalue weighted by molar-refractivity contribution is 0.386. The summed E-state index contributed by atoms with van der Waals surface area (Å²) >= 11 is 1.99. The van der Waals surface area contributed by atoms with E-state index in [9.17, 15) is 4.39 Å². The van der Waals surface area contributed by atoms with E-state index in [1.165, 1.54) is 37.5 Å². The topological polar surface area (TPSA) is 21.3 Å². The first kappa shape index (κ1) is 11.6. The summed E-state index contributed by atoms with van der Waals surface area (Å²) < 4.78 is 18.1. The number of hydrogen-bond donors (Lipinski definition) is 1. The molecule has 1 heterocycles. The molecule has 16 heavy (non-hydrogen) atoms. The highest BCUT2D eigenvalue weighted by molar-refractivity contribution is 7.99. The second-order valence-corrected chi connectivity index (χ2v) is 5.11. The normalized spacial score (nSPS) is 17.1. The summed E-state index contributed by atoms with van der Waals surface area (Å²) in [6, 6.07) is 5.44. The monoisotopic (exact) mass is 241 g/mol. The van der Waals surface area contributed by atoms with Gasteiger partial charge in [-0.3, -0.25) is 0 Å². The molecule has 0 bridgehead atoms. The quantitative estimate of drug-likeness (QED) is 0.878. The van der Waals surface area contributed by atoms with Crippen molar-refractivity contribution in [3.63, 3.8) is 0 Å². The molecule has 0 saturated carbocycles. The van der Waals surface area contributed by atoms with Gasteiger partial charge in [0.1, 0.15) is 0 Å². The van der Waals surface area contributed by atoms with E-state index in [1.54, 1.807) is 12.1 Å². The van der Waals surface area contributed by atoms with Crippen LogP contribution in [0.25, 0.3) is 0 Å². The van der Waals surface area contributed by atoms with Gasteiger partial charge in [-0.25, -0.2) is 4.39 Å². The van der Waals surface area contributed by atoms with Gasteiger partial charge in [0.25, 0.3) is 0 Å². The van der Waals surface area contributed by atoms with E-state index < -0.39 is 0 Å². The van der Waals surface area contributed by atoms with Crippen LogP contribution in [0.4, 0.5) is 10.1 Å². The Hall–Kier alpha value is -0.900. The summed E-state index contributed by atoms with van der Waals surface area (Å²) in [5, 5.41) is 3.42. The Morgan fingerprint density at radius 1 is 1.38 bits per heavy atom. The van der Waals surface area contributed by atoms with Crippen LogP contribution in [0.3, 0.4) is 0 Å². The molecule has 0 unspecified atom stereocenters. The summed E-state index contributed by atoms with van der Waals surface area (Å²) in [4.78, 5) is 0. The summed E-state index contributed by atoms with van der Waals surface area (Å²) in [5.74, 6) is 2.40. The number of ether oxygens (including phenoxy) is 1. The van der Waals surface area contributed by atoms with Crippen LogP contribution in [-0.4, -0.2) is 24.7 Å². The highest BCUT2D eigenvalue weighted by Crippen LogP contribution is 2.25. The van der Waals surface area contributed by atoms with E-state index >= 15 is 0 Å². The molecule has 0 atom stereocenters. The van der Waals surface area contributed by atoms with Crippen molar-refractivity contribution >= 4 is 17.4 Å². The van der Waals surface area contributed by atoms with Gasteiger partial charge >= 0.3 is 0 Å². The number of rotatable bonds is 3. The zero-order chi connectivity index (χ0) is 11.4. The molecular weight excluding hydrogens is 225 g/mol. The van der Waals surface area contributed by atoms with E-state index in [4.69, 9.17) is 4.74 Å². The first-order chi connectivity index (χ1) is 7.79. The summed E-state index contributed by atoms with van der Waals surface area (Å²) in [5.41, 5.74) is 0.940. The lowest BCUT2D eigenvalue weighted by atomic mass is 10.1. The second-order valence-electron chi connectivity index (χ2n) is 3.88. The Morgan fingerprint density at radius 3 is 2.81 bits per heavy atom. The largest absolute Gasteiger partial charge is 0.494 e. The van der Waals surface area contributed by atoms with Crippen molar-refractivity contribution in [2.75, 3.05) is 23.9 Å². The SMILES string of the molecule is COc1cc(NC2CCSCC2)ccc1F. The van der Waals surface area contributed by atoms with E-state index in [0.717, 1.165) is 5.69 Å². The third-order valence-corrected chi connectivity index (χ3v) is 3.79. The van der Waals surface area contributed by atoms with E-state index in [-0.39, 0.29) is 5.82 Å². The van der Waals surface area contributed by atoms with Crippen molar-refractivity contribution in [2.24, 2.45) is 0 Å². The molecule has 2 nitrogen and oxygen atoms in total. The van der Waals surface area contributed by atoms with Crippen molar-refractivity contribution in [2.45, 2.75) is 18.9 Å². The number of benzene rings is 1. The van der Waals surface area contributed by atoms with Crippen LogP contribution in [0.2, 0.25) is 0 Å². The van der Waals surface area contributed by atoms with Crippen LogP contribution in [-0.2, 0) is 0 Å². The molecule has 1 saturated heterocycles. The van der Waals surface area contributed by atoms with Gasteiger partial charge < -0.3 is 10.1 Å². The first-order valence-corrected chi connectivity index (χ1v) is 6.63. The van der Waals surface area contributed by atoms with Gasteiger partial charge in [0, 0.05) is 17.8 Å². The van der Waals surface area contributed by atoms with Gasteiger partial charge in [0.2, 0.25) is 0 Å². The summed E-state index contributed by atoms with van der Waals surface area (Å²) in [6.07, 6.45) is 2.34. The molecule has 0 aliphatic carbocycles. The third-order valence-electron chi connectivity index (χ3n) is 2.74. The Bertz CT molecular complexity index is 353. The van der Waals surface area contributed by atoms with Crippen LogP contribution < -0.4 is 10.1 Å². The first-order valence-electron chi connectivity index (χ1n) is 5.47. The standard InChI is InChI=1S/C12H16FNOS/c1-15-12-8-10(2-3-11(12)13)14-9-4-6-16-7-5-9/h2-3,8-9,14H,4-7H2,1H3. The number of methoxy groups -OCH3 is 1. The predicted molar refractivity (Wildman–Crippen MR) is 66.9 cm³/mol. The molecule has 4 heteroatoms. The van der Waals surface area contributed by atoms with Crippen LogP contribution in [0.5, 0.6) is 5.75 Å². The van der Waals surface area contributed by atoms with Crippen molar-refractivity contribution in [1.82, 2.24) is 0 Å². The van der Waals surface area contributed by atoms with Gasteiger partial charge in [-0.05, 0) is 36.5 Å². The van der Waals surface area contributed by atoms with E-state index in [1.807, 2.05) is 11.8 Å². The number of halogens is 1. The Labute approximate surface area is 99.6 Å². The second kappa shape index (κ2) is 5.43. The lowest BCUT2D eigenvalue weighted by Crippen LogP contribution is -2.24. The molecule has 1 fully saturated rings. The summed E-state index contributed by atoms with van der Waals surface area (Å²) in [6.45, 7) is 0. The molecule has 0 radical (unpaired) electrons. The van der Waals surface area contributed by atoms with Crippen molar-refractivity contribution in [3.8, 4) is 5.75 Å². The number of thioether (sulfide) groups is 1.